The summed E-state index contributed by atoms with van der Waals surface area (Å²) in [6, 6.07) is 6.30. The molecule has 0 saturated heterocycles. The van der Waals surface area contributed by atoms with Crippen LogP contribution in [0.5, 0.6) is 5.75 Å². The van der Waals surface area contributed by atoms with E-state index in [0.29, 0.717) is 16.9 Å². The number of ether oxygens (including phenoxy) is 1. The van der Waals surface area contributed by atoms with Crippen LogP contribution in [0.2, 0.25) is 0 Å². The highest BCUT2D eigenvalue weighted by molar-refractivity contribution is 5.94. The summed E-state index contributed by atoms with van der Waals surface area (Å²) in [5.74, 6) is 0.510. The monoisotopic (exact) mass is 274 g/mol. The zero-order valence-electron chi connectivity index (χ0n) is 11.2. The van der Waals surface area contributed by atoms with Gasteiger partial charge in [-0.3, -0.25) is 19.1 Å². The molecule has 0 atom stereocenters. The van der Waals surface area contributed by atoms with Gasteiger partial charge in [-0.15, -0.1) is 0 Å². The smallest absolute Gasteiger partial charge is 0.328 e. The lowest BCUT2D eigenvalue weighted by atomic mass is 10.1. The number of H-pyrrole nitrogens is 1. The predicted octanol–water partition coefficient (Wildman–Crippen LogP) is 0.796. The molecule has 2 rings (SSSR count). The van der Waals surface area contributed by atoms with Crippen molar-refractivity contribution >= 4 is 5.78 Å². The molecule has 0 spiro atoms. The molecule has 20 heavy (non-hydrogen) atoms. The number of hydrogen-bond donors (Lipinski definition) is 1. The number of methoxy groups -OCH3 is 1. The van der Waals surface area contributed by atoms with Gasteiger partial charge in [0.1, 0.15) is 5.75 Å². The van der Waals surface area contributed by atoms with Crippen LogP contribution in [0.15, 0.2) is 40.1 Å². The van der Waals surface area contributed by atoms with Crippen molar-refractivity contribution in [2.45, 2.75) is 13.5 Å². The molecule has 2 aromatic rings. The van der Waals surface area contributed by atoms with Gasteiger partial charge in [-0.05, 0) is 25.1 Å². The van der Waals surface area contributed by atoms with Gasteiger partial charge in [0, 0.05) is 23.4 Å². The van der Waals surface area contributed by atoms with Crippen molar-refractivity contribution in [1.29, 1.82) is 0 Å². The Morgan fingerprint density at radius 1 is 1.30 bits per heavy atom. The van der Waals surface area contributed by atoms with Gasteiger partial charge in [0.05, 0.1) is 13.7 Å². The van der Waals surface area contributed by atoms with Crippen molar-refractivity contribution in [3.05, 3.63) is 62.4 Å². The fraction of sp³-hybridized carbons (Fsp3) is 0.214. The van der Waals surface area contributed by atoms with Crippen molar-refractivity contribution in [1.82, 2.24) is 9.55 Å². The summed E-state index contributed by atoms with van der Waals surface area (Å²) >= 11 is 0. The van der Waals surface area contributed by atoms with Crippen LogP contribution in [0.25, 0.3) is 0 Å². The van der Waals surface area contributed by atoms with Crippen LogP contribution in [0.4, 0.5) is 0 Å². The Labute approximate surface area is 114 Å². The fourth-order valence-corrected chi connectivity index (χ4v) is 1.87. The van der Waals surface area contributed by atoms with E-state index in [2.05, 4.69) is 4.98 Å². The lowest BCUT2D eigenvalue weighted by molar-refractivity contribution is 0.101. The molecular weight excluding hydrogens is 260 g/mol. The predicted molar refractivity (Wildman–Crippen MR) is 73.4 cm³/mol. The summed E-state index contributed by atoms with van der Waals surface area (Å²) in [6.45, 7) is 1.68. The van der Waals surface area contributed by atoms with Crippen LogP contribution >= 0.6 is 0 Å². The molecule has 0 unspecified atom stereocenters. The quantitative estimate of drug-likeness (QED) is 0.836. The van der Waals surface area contributed by atoms with Crippen molar-refractivity contribution in [3.8, 4) is 5.75 Å². The highest BCUT2D eigenvalue weighted by Crippen LogP contribution is 2.20. The lowest BCUT2D eigenvalue weighted by Crippen LogP contribution is -2.29. The Morgan fingerprint density at radius 2 is 2.05 bits per heavy atom. The van der Waals surface area contributed by atoms with E-state index in [0.717, 1.165) is 0 Å². The zero-order chi connectivity index (χ0) is 14.7. The number of aromatic nitrogens is 2. The fourth-order valence-electron chi connectivity index (χ4n) is 1.87. The summed E-state index contributed by atoms with van der Waals surface area (Å²) in [4.78, 5) is 36.3. The SMILES string of the molecule is COc1ccc(C(C)=O)cc1Cn1ccc(=O)[nH]c1=O. The summed E-state index contributed by atoms with van der Waals surface area (Å²) < 4.78 is 6.55. The molecular formula is C14H14N2O4. The summed E-state index contributed by atoms with van der Waals surface area (Å²) in [6.07, 6.45) is 1.40. The Morgan fingerprint density at radius 3 is 2.65 bits per heavy atom. The Hall–Kier alpha value is -2.63. The standard InChI is InChI=1S/C14H14N2O4/c1-9(17)10-3-4-12(20-2)11(7-10)8-16-6-5-13(18)15-14(16)19/h3-7H,8H2,1-2H3,(H,15,18,19). The van der Waals surface area contributed by atoms with E-state index in [4.69, 9.17) is 4.74 Å². The number of aromatic amines is 1. The first kappa shape index (κ1) is 13.8. The first-order valence-corrected chi connectivity index (χ1v) is 5.99. The molecule has 1 heterocycles. The largest absolute Gasteiger partial charge is 0.496 e. The number of Topliss-reactive ketones (excluding diaryl/α,β-unsaturated/α-hetero) is 1. The van der Waals surface area contributed by atoms with Crippen LogP contribution in [-0.4, -0.2) is 22.4 Å². The Bertz CT molecular complexity index is 758. The second-order valence-electron chi connectivity index (χ2n) is 4.32. The number of nitrogens with one attached hydrogen (secondary N) is 1. The minimum Gasteiger partial charge on any atom is -0.496 e. The van der Waals surface area contributed by atoms with Gasteiger partial charge in [-0.1, -0.05) is 0 Å². The molecule has 0 amide bonds. The average Bonchev–Trinajstić information content (AvgIpc) is 2.41. The Kier molecular flexibility index (Phi) is 3.84. The highest BCUT2D eigenvalue weighted by atomic mass is 16.5. The van der Waals surface area contributed by atoms with Crippen LogP contribution in [0.1, 0.15) is 22.8 Å². The number of benzene rings is 1. The summed E-state index contributed by atoms with van der Waals surface area (Å²) in [5, 5.41) is 0. The zero-order valence-corrected chi connectivity index (χ0v) is 11.2. The molecule has 1 aromatic heterocycles. The number of carbonyl (C=O) groups excluding carboxylic acids is 1. The van der Waals surface area contributed by atoms with E-state index in [1.165, 1.54) is 30.9 Å². The van der Waals surface area contributed by atoms with Gasteiger partial charge in [0.15, 0.2) is 5.78 Å². The van der Waals surface area contributed by atoms with Crippen LogP contribution in [0.3, 0.4) is 0 Å². The maximum Gasteiger partial charge on any atom is 0.328 e. The molecule has 1 aromatic carbocycles. The normalized spacial score (nSPS) is 10.3. The van der Waals surface area contributed by atoms with E-state index in [9.17, 15) is 14.4 Å². The third-order valence-corrected chi connectivity index (χ3v) is 2.92. The average molecular weight is 274 g/mol. The van der Waals surface area contributed by atoms with Crippen LogP contribution in [-0.2, 0) is 6.54 Å². The highest BCUT2D eigenvalue weighted by Gasteiger charge is 2.08. The molecule has 0 aliphatic rings. The number of nitrogens with zero attached hydrogens (tertiary/aromatic N) is 1. The van der Waals surface area contributed by atoms with Gasteiger partial charge in [0.2, 0.25) is 0 Å². The minimum atomic E-state index is -0.507. The Balaban J connectivity index is 2.46. The summed E-state index contributed by atoms with van der Waals surface area (Å²) in [5.41, 5.74) is 0.274. The van der Waals surface area contributed by atoms with Crippen LogP contribution in [0, 0.1) is 0 Å². The molecule has 0 aliphatic carbocycles. The summed E-state index contributed by atoms with van der Waals surface area (Å²) in [7, 11) is 1.52. The maximum absolute atomic E-state index is 11.7. The number of ketones is 1. The van der Waals surface area contributed by atoms with Crippen molar-refractivity contribution < 1.29 is 9.53 Å². The second-order valence-corrected chi connectivity index (χ2v) is 4.32. The van der Waals surface area contributed by atoms with Gasteiger partial charge >= 0.3 is 5.69 Å². The maximum atomic E-state index is 11.7. The molecule has 6 heteroatoms. The van der Waals surface area contributed by atoms with Crippen molar-refractivity contribution in [2.75, 3.05) is 7.11 Å². The molecule has 1 N–H and O–H groups in total. The minimum absolute atomic E-state index is 0.0669. The molecule has 6 nitrogen and oxygen atoms in total. The van der Waals surface area contributed by atoms with Gasteiger partial charge in [-0.25, -0.2) is 4.79 Å². The topological polar surface area (TPSA) is 81.2 Å². The third-order valence-electron chi connectivity index (χ3n) is 2.92. The van der Waals surface area contributed by atoms with E-state index < -0.39 is 11.2 Å². The van der Waals surface area contributed by atoms with E-state index in [1.807, 2.05) is 0 Å². The number of carbonyl (C=O) groups is 1. The van der Waals surface area contributed by atoms with Gasteiger partial charge < -0.3 is 4.74 Å². The molecule has 0 fully saturated rings. The molecule has 0 radical (unpaired) electrons. The lowest BCUT2D eigenvalue weighted by Gasteiger charge is -2.11. The first-order chi connectivity index (χ1) is 9.51. The van der Waals surface area contributed by atoms with Crippen molar-refractivity contribution in [2.24, 2.45) is 0 Å². The second kappa shape index (κ2) is 5.56. The van der Waals surface area contributed by atoms with Gasteiger partial charge in [0.25, 0.3) is 5.56 Å². The first-order valence-electron chi connectivity index (χ1n) is 5.99. The van der Waals surface area contributed by atoms with Crippen LogP contribution < -0.4 is 16.0 Å². The third kappa shape index (κ3) is 2.85. The van der Waals surface area contributed by atoms with Gasteiger partial charge in [-0.2, -0.15) is 0 Å². The molecule has 0 aliphatic heterocycles. The number of rotatable bonds is 4. The molecule has 0 saturated carbocycles. The molecule has 104 valence electrons. The van der Waals surface area contributed by atoms with E-state index in [1.54, 1.807) is 18.2 Å². The van der Waals surface area contributed by atoms with E-state index >= 15 is 0 Å². The molecule has 0 bridgehead atoms. The number of hydrogen-bond acceptors (Lipinski definition) is 4. The van der Waals surface area contributed by atoms with E-state index in [-0.39, 0.29) is 12.3 Å². The van der Waals surface area contributed by atoms with Crippen molar-refractivity contribution in [3.63, 3.8) is 0 Å².